The summed E-state index contributed by atoms with van der Waals surface area (Å²) in [5.41, 5.74) is -1.92. The van der Waals surface area contributed by atoms with E-state index in [2.05, 4.69) is 10.3 Å². The highest BCUT2D eigenvalue weighted by molar-refractivity contribution is 6.18. The van der Waals surface area contributed by atoms with Crippen LogP contribution in [0.25, 0.3) is 0 Å². The number of methoxy groups -OCH3 is 1. The topological polar surface area (TPSA) is 67.8 Å². The number of amidine groups is 1. The van der Waals surface area contributed by atoms with Gasteiger partial charge in [-0.05, 0) is 12.8 Å². The maximum atomic E-state index is 12.4. The molecule has 1 aliphatic carbocycles. The first-order valence-electron chi connectivity index (χ1n) is 7.15. The molecule has 5 nitrogen and oxygen atoms in total. The van der Waals surface area contributed by atoms with Gasteiger partial charge in [0.05, 0.1) is 7.11 Å². The number of allylic oxidation sites excluding steroid dienone is 3. The Balaban J connectivity index is 2.55. The van der Waals surface area contributed by atoms with Gasteiger partial charge in [-0.3, -0.25) is 14.6 Å². The quantitative estimate of drug-likeness (QED) is 0.807. The molecular weight excluding hydrogens is 268 g/mol. The lowest BCUT2D eigenvalue weighted by Gasteiger charge is -2.33. The van der Waals surface area contributed by atoms with Crippen molar-refractivity contribution < 1.29 is 14.3 Å². The predicted molar refractivity (Wildman–Crippen MR) is 80.7 cm³/mol. The van der Waals surface area contributed by atoms with Crippen molar-refractivity contribution in [2.45, 2.75) is 33.2 Å². The van der Waals surface area contributed by atoms with Crippen LogP contribution in [0.2, 0.25) is 0 Å². The number of aliphatic imine (C=N–C) groups is 1. The van der Waals surface area contributed by atoms with E-state index >= 15 is 0 Å². The fourth-order valence-electron chi connectivity index (χ4n) is 2.69. The van der Waals surface area contributed by atoms with Crippen LogP contribution in [0.1, 0.15) is 27.7 Å². The maximum absolute atomic E-state index is 12.4. The van der Waals surface area contributed by atoms with Gasteiger partial charge in [0.2, 0.25) is 0 Å². The molecule has 21 heavy (non-hydrogen) atoms. The Morgan fingerprint density at radius 1 is 1.43 bits per heavy atom. The lowest BCUT2D eigenvalue weighted by molar-refractivity contribution is -0.147. The highest BCUT2D eigenvalue weighted by atomic mass is 16.5. The number of carbonyl (C=O) groups is 2. The normalized spacial score (nSPS) is 34.9. The summed E-state index contributed by atoms with van der Waals surface area (Å²) in [6.07, 6.45) is 7.34. The SMILES string of the molecule is COC(=O)C1(C2=NC(C)(C(C)C)C(=O)N2)C=CC=CC1C. The lowest BCUT2D eigenvalue weighted by Crippen LogP contribution is -2.50. The Hall–Kier alpha value is -1.91. The summed E-state index contributed by atoms with van der Waals surface area (Å²) in [6.45, 7) is 7.59. The molecule has 2 rings (SSSR count). The number of carbonyl (C=O) groups excluding carboxylic acids is 2. The molecule has 0 spiro atoms. The second-order valence-corrected chi connectivity index (χ2v) is 6.11. The summed E-state index contributed by atoms with van der Waals surface area (Å²) in [7, 11) is 1.35. The van der Waals surface area contributed by atoms with E-state index in [0.717, 1.165) is 0 Å². The highest BCUT2D eigenvalue weighted by Crippen LogP contribution is 2.39. The van der Waals surface area contributed by atoms with Crippen LogP contribution in [-0.2, 0) is 14.3 Å². The molecule has 5 heteroatoms. The van der Waals surface area contributed by atoms with E-state index in [4.69, 9.17) is 4.74 Å². The number of esters is 1. The van der Waals surface area contributed by atoms with Crippen molar-refractivity contribution in [1.29, 1.82) is 0 Å². The van der Waals surface area contributed by atoms with Crippen LogP contribution < -0.4 is 5.32 Å². The second-order valence-electron chi connectivity index (χ2n) is 6.11. The average Bonchev–Trinajstić information content (AvgIpc) is 2.76. The molecule has 0 radical (unpaired) electrons. The predicted octanol–water partition coefficient (Wildman–Crippen LogP) is 1.85. The molecule has 1 amide bonds. The number of nitrogens with zero attached hydrogens (tertiary/aromatic N) is 1. The van der Waals surface area contributed by atoms with E-state index in [1.54, 1.807) is 19.1 Å². The van der Waals surface area contributed by atoms with Crippen molar-refractivity contribution in [2.24, 2.45) is 22.2 Å². The van der Waals surface area contributed by atoms with Gasteiger partial charge in [-0.25, -0.2) is 0 Å². The Labute approximate surface area is 125 Å². The summed E-state index contributed by atoms with van der Waals surface area (Å²) >= 11 is 0. The van der Waals surface area contributed by atoms with Crippen molar-refractivity contribution in [2.75, 3.05) is 7.11 Å². The largest absolute Gasteiger partial charge is 0.468 e. The first kappa shape index (κ1) is 15.5. The Kier molecular flexibility index (Phi) is 3.78. The van der Waals surface area contributed by atoms with Gasteiger partial charge in [-0.1, -0.05) is 45.1 Å². The zero-order chi connectivity index (χ0) is 15.8. The molecular formula is C16H22N2O3. The van der Waals surface area contributed by atoms with Gasteiger partial charge in [0, 0.05) is 5.92 Å². The Morgan fingerprint density at radius 2 is 2.10 bits per heavy atom. The highest BCUT2D eigenvalue weighted by Gasteiger charge is 2.53. The number of hydrogen-bond acceptors (Lipinski definition) is 4. The van der Waals surface area contributed by atoms with Crippen molar-refractivity contribution in [1.82, 2.24) is 5.32 Å². The van der Waals surface area contributed by atoms with Crippen molar-refractivity contribution in [3.05, 3.63) is 24.3 Å². The second kappa shape index (κ2) is 5.13. The third-order valence-corrected chi connectivity index (χ3v) is 4.66. The average molecular weight is 290 g/mol. The van der Waals surface area contributed by atoms with Gasteiger partial charge >= 0.3 is 5.97 Å². The Morgan fingerprint density at radius 3 is 2.57 bits per heavy atom. The monoisotopic (exact) mass is 290 g/mol. The van der Waals surface area contributed by atoms with Crippen LogP contribution in [0, 0.1) is 17.3 Å². The number of hydrogen-bond donors (Lipinski definition) is 1. The number of ether oxygens (including phenoxy) is 1. The van der Waals surface area contributed by atoms with Crippen LogP contribution in [0.3, 0.4) is 0 Å². The van der Waals surface area contributed by atoms with Gasteiger partial charge in [0.25, 0.3) is 5.91 Å². The first-order chi connectivity index (χ1) is 9.79. The molecule has 0 aromatic heterocycles. The van der Waals surface area contributed by atoms with Crippen LogP contribution in [0.4, 0.5) is 0 Å². The molecule has 0 aromatic rings. The molecule has 3 unspecified atom stereocenters. The smallest absolute Gasteiger partial charge is 0.324 e. The summed E-state index contributed by atoms with van der Waals surface area (Å²) in [5, 5.41) is 2.81. The zero-order valence-corrected chi connectivity index (χ0v) is 13.1. The summed E-state index contributed by atoms with van der Waals surface area (Å²) in [6, 6.07) is 0. The minimum absolute atomic E-state index is 0.0307. The van der Waals surface area contributed by atoms with Gasteiger partial charge in [0.15, 0.2) is 0 Å². The van der Waals surface area contributed by atoms with Crippen molar-refractivity contribution in [3.63, 3.8) is 0 Å². The fourth-order valence-corrected chi connectivity index (χ4v) is 2.69. The maximum Gasteiger partial charge on any atom is 0.324 e. The third-order valence-electron chi connectivity index (χ3n) is 4.66. The van der Waals surface area contributed by atoms with E-state index < -0.39 is 16.9 Å². The Bertz CT molecular complexity index is 562. The standard InChI is InChI=1S/C16H22N2O3/c1-10(2)15(4)13(19)17-12(18-15)16(14(20)21-5)9-7-6-8-11(16)3/h6-11H,1-5H3,(H,17,18,19). The molecule has 114 valence electrons. The lowest BCUT2D eigenvalue weighted by atomic mass is 9.72. The zero-order valence-electron chi connectivity index (χ0n) is 13.1. The number of nitrogens with one attached hydrogen (secondary N) is 1. The molecule has 3 atom stereocenters. The van der Waals surface area contributed by atoms with Gasteiger partial charge in [-0.15, -0.1) is 0 Å². The van der Waals surface area contributed by atoms with E-state index in [9.17, 15) is 9.59 Å². The minimum Gasteiger partial charge on any atom is -0.468 e. The molecule has 2 aliphatic rings. The molecule has 0 saturated heterocycles. The van der Waals surface area contributed by atoms with E-state index in [1.807, 2.05) is 32.9 Å². The number of amides is 1. The van der Waals surface area contributed by atoms with Crippen LogP contribution in [-0.4, -0.2) is 30.4 Å². The molecule has 1 aliphatic heterocycles. The van der Waals surface area contributed by atoms with E-state index in [-0.39, 0.29) is 17.7 Å². The molecule has 0 saturated carbocycles. The van der Waals surface area contributed by atoms with Crippen molar-refractivity contribution in [3.8, 4) is 0 Å². The van der Waals surface area contributed by atoms with Gasteiger partial charge in [-0.2, -0.15) is 0 Å². The van der Waals surface area contributed by atoms with Crippen LogP contribution >= 0.6 is 0 Å². The van der Waals surface area contributed by atoms with E-state index in [1.165, 1.54) is 7.11 Å². The minimum atomic E-state index is -1.06. The van der Waals surface area contributed by atoms with Crippen LogP contribution in [0.5, 0.6) is 0 Å². The molecule has 0 fully saturated rings. The molecule has 1 N–H and O–H groups in total. The van der Waals surface area contributed by atoms with E-state index in [0.29, 0.717) is 5.84 Å². The summed E-state index contributed by atoms with van der Waals surface area (Å²) in [4.78, 5) is 29.4. The molecule has 0 aromatic carbocycles. The van der Waals surface area contributed by atoms with Crippen molar-refractivity contribution >= 4 is 17.7 Å². The third kappa shape index (κ3) is 2.11. The first-order valence-corrected chi connectivity index (χ1v) is 7.15. The molecule has 0 bridgehead atoms. The fraction of sp³-hybridized carbons (Fsp3) is 0.562. The van der Waals surface area contributed by atoms with Gasteiger partial charge in [0.1, 0.15) is 16.8 Å². The molecule has 1 heterocycles. The van der Waals surface area contributed by atoms with Gasteiger partial charge < -0.3 is 10.1 Å². The summed E-state index contributed by atoms with van der Waals surface area (Å²) in [5.74, 6) is -0.330. The van der Waals surface area contributed by atoms with Crippen LogP contribution in [0.15, 0.2) is 29.3 Å². The summed E-state index contributed by atoms with van der Waals surface area (Å²) < 4.78 is 4.98. The number of rotatable bonds is 3.